The van der Waals surface area contributed by atoms with Crippen LogP contribution in [0.15, 0.2) is 67.0 Å². The third-order valence-corrected chi connectivity index (χ3v) is 3.93. The minimum Gasteiger partial charge on any atom is -0.265 e. The van der Waals surface area contributed by atoms with Crippen LogP contribution in [0.25, 0.3) is 27.9 Å². The Bertz CT molecular complexity index is 979. The quantitative estimate of drug-likeness (QED) is 0.518. The van der Waals surface area contributed by atoms with Crippen LogP contribution in [0.3, 0.4) is 0 Å². The molecule has 0 unspecified atom stereocenters. The van der Waals surface area contributed by atoms with Crippen molar-refractivity contribution < 1.29 is 4.39 Å². The number of hydrogen-bond acceptors (Lipinski definition) is 2. The van der Waals surface area contributed by atoms with E-state index >= 15 is 0 Å². The fraction of sp³-hybridized carbons (Fsp3) is 0.0526. The topological polar surface area (TPSA) is 30.2 Å². The number of fused-ring (bicyclic) bond motifs is 1. The molecule has 0 saturated carbocycles. The maximum atomic E-state index is 13.3. The van der Waals surface area contributed by atoms with Gasteiger partial charge in [0, 0.05) is 29.2 Å². The first-order valence-electron chi connectivity index (χ1n) is 7.39. The van der Waals surface area contributed by atoms with Gasteiger partial charge in [0.1, 0.15) is 11.5 Å². The number of benzene rings is 1. The lowest BCUT2D eigenvalue weighted by atomic mass is 10.0. The Morgan fingerprint density at radius 3 is 2.29 bits per heavy atom. The van der Waals surface area contributed by atoms with Crippen LogP contribution in [0, 0.1) is 12.7 Å². The van der Waals surface area contributed by atoms with Crippen molar-refractivity contribution in [2.24, 2.45) is 0 Å². The SMILES string of the molecule is Cc1cccc2c(-c3ccncc3)c(-c3ccc(F)cc3)nn12.Cl. The van der Waals surface area contributed by atoms with Crippen molar-refractivity contribution in [1.29, 1.82) is 0 Å². The number of nitrogens with zero attached hydrogens (tertiary/aromatic N) is 3. The predicted molar refractivity (Wildman–Crippen MR) is 95.8 cm³/mol. The summed E-state index contributed by atoms with van der Waals surface area (Å²) < 4.78 is 15.2. The van der Waals surface area contributed by atoms with Gasteiger partial charge in [-0.05, 0) is 61.0 Å². The Morgan fingerprint density at radius 2 is 1.58 bits per heavy atom. The molecule has 5 heteroatoms. The Balaban J connectivity index is 0.00000169. The Kier molecular flexibility index (Phi) is 4.32. The summed E-state index contributed by atoms with van der Waals surface area (Å²) in [5.41, 5.74) is 5.87. The van der Waals surface area contributed by atoms with E-state index in [2.05, 4.69) is 4.98 Å². The molecule has 4 rings (SSSR count). The number of hydrogen-bond donors (Lipinski definition) is 0. The standard InChI is InChI=1S/C19H14FN3.ClH/c1-13-3-2-4-17-18(14-9-11-21-12-10-14)19(22-23(13)17)15-5-7-16(20)8-6-15;/h2-12H,1H3;1H. The highest BCUT2D eigenvalue weighted by Gasteiger charge is 2.17. The summed E-state index contributed by atoms with van der Waals surface area (Å²) in [6.07, 6.45) is 3.53. The lowest BCUT2D eigenvalue weighted by Gasteiger charge is -2.04. The molecule has 3 aromatic heterocycles. The molecule has 120 valence electrons. The summed E-state index contributed by atoms with van der Waals surface area (Å²) in [7, 11) is 0. The maximum absolute atomic E-state index is 13.3. The number of rotatable bonds is 2. The van der Waals surface area contributed by atoms with Crippen LogP contribution in [-0.2, 0) is 0 Å². The van der Waals surface area contributed by atoms with Crippen molar-refractivity contribution in [2.75, 3.05) is 0 Å². The average molecular weight is 340 g/mol. The zero-order valence-electron chi connectivity index (χ0n) is 13.0. The van der Waals surface area contributed by atoms with E-state index in [4.69, 9.17) is 5.10 Å². The summed E-state index contributed by atoms with van der Waals surface area (Å²) in [5.74, 6) is -0.251. The highest BCUT2D eigenvalue weighted by Crippen LogP contribution is 2.35. The van der Waals surface area contributed by atoms with Gasteiger partial charge in [0.2, 0.25) is 0 Å². The van der Waals surface area contributed by atoms with E-state index in [1.807, 2.05) is 41.8 Å². The Morgan fingerprint density at radius 1 is 0.875 bits per heavy atom. The molecule has 3 heterocycles. The monoisotopic (exact) mass is 339 g/mol. The van der Waals surface area contributed by atoms with Crippen LogP contribution < -0.4 is 0 Å². The molecule has 0 bridgehead atoms. The molecule has 0 N–H and O–H groups in total. The molecular weight excluding hydrogens is 325 g/mol. The molecule has 0 amide bonds. The first kappa shape index (κ1) is 16.1. The molecular formula is C19H15ClFN3. The molecule has 4 aromatic rings. The molecule has 1 aromatic carbocycles. The molecule has 0 aliphatic carbocycles. The van der Waals surface area contributed by atoms with Crippen molar-refractivity contribution >= 4 is 17.9 Å². The summed E-state index contributed by atoms with van der Waals surface area (Å²) in [6, 6.07) is 16.5. The molecule has 0 saturated heterocycles. The molecule has 0 aliphatic rings. The molecule has 0 atom stereocenters. The Labute approximate surface area is 145 Å². The highest BCUT2D eigenvalue weighted by molar-refractivity contribution is 5.92. The first-order chi connectivity index (χ1) is 11.2. The number of pyridine rings is 2. The summed E-state index contributed by atoms with van der Waals surface area (Å²) in [5, 5.41) is 4.76. The lowest BCUT2D eigenvalue weighted by Crippen LogP contribution is -1.91. The van der Waals surface area contributed by atoms with Gasteiger partial charge in [0.05, 0.1) is 5.52 Å². The van der Waals surface area contributed by atoms with Crippen molar-refractivity contribution in [2.45, 2.75) is 6.92 Å². The normalized spacial score (nSPS) is 10.6. The molecule has 0 radical (unpaired) electrons. The smallest absolute Gasteiger partial charge is 0.123 e. The van der Waals surface area contributed by atoms with Gasteiger partial charge in [-0.2, -0.15) is 5.10 Å². The lowest BCUT2D eigenvalue weighted by molar-refractivity contribution is 0.628. The average Bonchev–Trinajstić information content (AvgIpc) is 2.97. The van der Waals surface area contributed by atoms with Gasteiger partial charge < -0.3 is 0 Å². The minimum absolute atomic E-state index is 0. The number of aromatic nitrogens is 3. The van der Waals surface area contributed by atoms with E-state index in [1.54, 1.807) is 24.5 Å². The van der Waals surface area contributed by atoms with Gasteiger partial charge in [-0.15, -0.1) is 12.4 Å². The predicted octanol–water partition coefficient (Wildman–Crippen LogP) is 4.93. The molecule has 24 heavy (non-hydrogen) atoms. The van der Waals surface area contributed by atoms with E-state index < -0.39 is 0 Å². The minimum atomic E-state index is -0.251. The van der Waals surface area contributed by atoms with Crippen molar-refractivity contribution in [1.82, 2.24) is 14.6 Å². The van der Waals surface area contributed by atoms with Gasteiger partial charge in [-0.25, -0.2) is 8.91 Å². The molecule has 0 spiro atoms. The second kappa shape index (κ2) is 6.42. The highest BCUT2D eigenvalue weighted by atomic mass is 35.5. The number of aryl methyl sites for hydroxylation is 1. The number of halogens is 2. The van der Waals surface area contributed by atoms with Crippen molar-refractivity contribution in [3.05, 3.63) is 78.5 Å². The van der Waals surface area contributed by atoms with Gasteiger partial charge in [0.15, 0.2) is 0 Å². The van der Waals surface area contributed by atoms with E-state index in [-0.39, 0.29) is 18.2 Å². The van der Waals surface area contributed by atoms with E-state index in [9.17, 15) is 4.39 Å². The fourth-order valence-corrected chi connectivity index (χ4v) is 2.82. The maximum Gasteiger partial charge on any atom is 0.123 e. The summed E-state index contributed by atoms with van der Waals surface area (Å²) in [6.45, 7) is 2.02. The largest absolute Gasteiger partial charge is 0.265 e. The van der Waals surface area contributed by atoms with E-state index in [0.717, 1.165) is 33.6 Å². The first-order valence-corrected chi connectivity index (χ1v) is 7.39. The Hall–Kier alpha value is -2.72. The summed E-state index contributed by atoms with van der Waals surface area (Å²) >= 11 is 0. The molecule has 3 nitrogen and oxygen atoms in total. The summed E-state index contributed by atoms with van der Waals surface area (Å²) in [4.78, 5) is 4.09. The second-order valence-electron chi connectivity index (χ2n) is 5.43. The van der Waals surface area contributed by atoms with Crippen LogP contribution in [0.5, 0.6) is 0 Å². The third kappa shape index (κ3) is 2.65. The zero-order chi connectivity index (χ0) is 15.8. The van der Waals surface area contributed by atoms with Crippen LogP contribution in [0.1, 0.15) is 5.69 Å². The van der Waals surface area contributed by atoms with Gasteiger partial charge in [-0.1, -0.05) is 6.07 Å². The van der Waals surface area contributed by atoms with Crippen LogP contribution in [0.2, 0.25) is 0 Å². The van der Waals surface area contributed by atoms with Gasteiger partial charge >= 0.3 is 0 Å². The van der Waals surface area contributed by atoms with Crippen molar-refractivity contribution in [3.8, 4) is 22.4 Å². The van der Waals surface area contributed by atoms with E-state index in [0.29, 0.717) is 0 Å². The third-order valence-electron chi connectivity index (χ3n) is 3.93. The fourth-order valence-electron chi connectivity index (χ4n) is 2.82. The van der Waals surface area contributed by atoms with Gasteiger partial charge in [-0.3, -0.25) is 4.98 Å². The second-order valence-corrected chi connectivity index (χ2v) is 5.43. The van der Waals surface area contributed by atoms with Gasteiger partial charge in [0.25, 0.3) is 0 Å². The van der Waals surface area contributed by atoms with Crippen LogP contribution in [0.4, 0.5) is 4.39 Å². The van der Waals surface area contributed by atoms with Crippen LogP contribution >= 0.6 is 12.4 Å². The molecule has 0 fully saturated rings. The molecule has 0 aliphatic heterocycles. The van der Waals surface area contributed by atoms with Crippen LogP contribution in [-0.4, -0.2) is 14.6 Å². The van der Waals surface area contributed by atoms with Crippen molar-refractivity contribution in [3.63, 3.8) is 0 Å². The zero-order valence-corrected chi connectivity index (χ0v) is 13.8. The van der Waals surface area contributed by atoms with E-state index in [1.165, 1.54) is 12.1 Å².